The van der Waals surface area contributed by atoms with Crippen LogP contribution in [0.1, 0.15) is 108 Å². The number of nitrogens with one attached hydrogen (secondary N) is 1. The number of hydrogen-bond donors (Lipinski definition) is 1. The molecule has 0 bridgehead atoms. The van der Waals surface area contributed by atoms with E-state index in [0.717, 1.165) is 41.6 Å². The molecule has 1 spiro atoms. The highest BCUT2D eigenvalue weighted by molar-refractivity contribution is 6.74. The molecule has 11 heteroatoms. The normalized spacial score (nSPS) is 20.9. The topological polar surface area (TPSA) is 112 Å². The Kier molecular flexibility index (Phi) is 8.28. The Labute approximate surface area is 262 Å². The van der Waals surface area contributed by atoms with Crippen LogP contribution < -0.4 is 5.32 Å². The Hall–Kier alpha value is -3.18. The predicted molar refractivity (Wildman–Crippen MR) is 173 cm³/mol. The number of carbonyl (C=O) groups excluding carboxylic acids is 2. The van der Waals surface area contributed by atoms with E-state index in [1.807, 2.05) is 39.5 Å². The molecule has 2 aromatic heterocycles. The van der Waals surface area contributed by atoms with Crippen molar-refractivity contribution in [2.45, 2.75) is 117 Å². The van der Waals surface area contributed by atoms with Crippen LogP contribution in [0, 0.1) is 5.41 Å². The van der Waals surface area contributed by atoms with Gasteiger partial charge in [0.15, 0.2) is 8.32 Å². The molecule has 0 radical (unpaired) electrons. The highest BCUT2D eigenvalue weighted by atomic mass is 28.4. The standard InChI is InChI=1S/C33H49N5O5Si/c1-21(2)24-16-27(43-36-24)28(39)35-29-34-25-15-22(19-41-44(9,10)32(6,7)8)11-12-26(25)38(29)23-17-33(18-23)13-14-37(20-33)30(40)42-31(3,4)5/h11-12,15-16,21,23H,13-14,17-20H2,1-10H3,(H,34,35,39)/t23-,33-. The highest BCUT2D eigenvalue weighted by Crippen LogP contribution is 2.55. The average Bonchev–Trinajstić information content (AvgIpc) is 3.61. The Morgan fingerprint density at radius 1 is 1.14 bits per heavy atom. The first-order valence-electron chi connectivity index (χ1n) is 15.8. The quantitative estimate of drug-likeness (QED) is 0.266. The van der Waals surface area contributed by atoms with E-state index in [9.17, 15) is 9.59 Å². The molecule has 5 rings (SSSR count). The maximum atomic E-state index is 13.3. The third-order valence-electron chi connectivity index (χ3n) is 9.52. The summed E-state index contributed by atoms with van der Waals surface area (Å²) in [7, 11) is -1.92. The summed E-state index contributed by atoms with van der Waals surface area (Å²) >= 11 is 0. The van der Waals surface area contributed by atoms with Crippen LogP contribution in [0.4, 0.5) is 10.7 Å². The lowest BCUT2D eigenvalue weighted by Crippen LogP contribution is -2.43. The van der Waals surface area contributed by atoms with E-state index in [-0.39, 0.29) is 40.2 Å². The zero-order valence-corrected chi connectivity index (χ0v) is 29.0. The van der Waals surface area contributed by atoms with Crippen molar-refractivity contribution in [3.63, 3.8) is 0 Å². The second-order valence-electron chi connectivity index (χ2n) is 15.6. The molecule has 3 heterocycles. The first-order valence-corrected chi connectivity index (χ1v) is 18.7. The first-order chi connectivity index (χ1) is 20.4. The Bertz CT molecular complexity index is 1540. The van der Waals surface area contributed by atoms with Crippen molar-refractivity contribution in [1.82, 2.24) is 19.6 Å². The van der Waals surface area contributed by atoms with Crippen molar-refractivity contribution in [3.05, 3.63) is 41.3 Å². The molecule has 2 amide bonds. The zero-order chi connectivity index (χ0) is 32.2. The summed E-state index contributed by atoms with van der Waals surface area (Å²) in [5.74, 6) is 0.407. The van der Waals surface area contributed by atoms with Gasteiger partial charge >= 0.3 is 6.09 Å². The van der Waals surface area contributed by atoms with Crippen molar-refractivity contribution >= 4 is 37.3 Å². The van der Waals surface area contributed by atoms with E-state index in [2.05, 4.69) is 67.1 Å². The van der Waals surface area contributed by atoms with Crippen LogP contribution in [0.5, 0.6) is 0 Å². The molecule has 1 aliphatic heterocycles. The molecule has 1 aliphatic carbocycles. The van der Waals surface area contributed by atoms with Crippen LogP contribution in [0.25, 0.3) is 11.0 Å². The Balaban J connectivity index is 1.39. The Morgan fingerprint density at radius 2 is 1.84 bits per heavy atom. The summed E-state index contributed by atoms with van der Waals surface area (Å²) in [5, 5.41) is 7.18. The number of imidazole rings is 1. The monoisotopic (exact) mass is 623 g/mol. The lowest BCUT2D eigenvalue weighted by molar-refractivity contribution is 0.0199. The first kappa shape index (κ1) is 32.2. The molecule has 1 aromatic carbocycles. The van der Waals surface area contributed by atoms with Gasteiger partial charge in [0.2, 0.25) is 11.7 Å². The molecule has 1 saturated heterocycles. The molecule has 1 saturated carbocycles. The van der Waals surface area contributed by atoms with Crippen LogP contribution in [-0.4, -0.2) is 58.6 Å². The number of ether oxygens (including phenoxy) is 1. The minimum Gasteiger partial charge on any atom is -0.444 e. The number of amides is 2. The van der Waals surface area contributed by atoms with Gasteiger partial charge in [0.1, 0.15) is 5.60 Å². The van der Waals surface area contributed by atoms with Crippen molar-refractivity contribution < 1.29 is 23.3 Å². The second-order valence-corrected chi connectivity index (χ2v) is 20.4. The van der Waals surface area contributed by atoms with Gasteiger partial charge in [0.05, 0.1) is 23.3 Å². The van der Waals surface area contributed by atoms with Gasteiger partial charge in [-0.25, -0.2) is 9.78 Å². The fourth-order valence-corrected chi connectivity index (χ4v) is 6.84. The summed E-state index contributed by atoms with van der Waals surface area (Å²) in [6, 6.07) is 8.06. The molecular formula is C33H49N5O5Si. The highest BCUT2D eigenvalue weighted by Gasteiger charge is 2.51. The number of carbonyl (C=O) groups is 2. The van der Waals surface area contributed by atoms with E-state index in [1.165, 1.54) is 0 Å². The molecule has 2 aliphatic rings. The molecule has 3 aromatic rings. The van der Waals surface area contributed by atoms with Crippen LogP contribution in [0.2, 0.25) is 18.1 Å². The maximum absolute atomic E-state index is 13.3. The average molecular weight is 624 g/mol. The van der Waals surface area contributed by atoms with Crippen LogP contribution in [0.15, 0.2) is 28.8 Å². The van der Waals surface area contributed by atoms with Crippen molar-refractivity contribution in [3.8, 4) is 0 Å². The number of rotatable bonds is 7. The summed E-state index contributed by atoms with van der Waals surface area (Å²) in [6.07, 6.45) is 2.45. The van der Waals surface area contributed by atoms with Crippen LogP contribution in [-0.2, 0) is 15.8 Å². The molecule has 0 unspecified atom stereocenters. The second kappa shape index (κ2) is 11.3. The lowest BCUT2D eigenvalue weighted by Gasteiger charge is -2.46. The summed E-state index contributed by atoms with van der Waals surface area (Å²) in [6.45, 7) is 22.8. The van der Waals surface area contributed by atoms with Gasteiger partial charge in [-0.1, -0.05) is 45.8 Å². The fourth-order valence-electron chi connectivity index (χ4n) is 5.88. The van der Waals surface area contributed by atoms with E-state index in [1.54, 1.807) is 6.07 Å². The van der Waals surface area contributed by atoms with Gasteiger partial charge in [-0.15, -0.1) is 0 Å². The molecule has 10 nitrogen and oxygen atoms in total. The van der Waals surface area contributed by atoms with Crippen LogP contribution >= 0.6 is 0 Å². The maximum Gasteiger partial charge on any atom is 0.410 e. The number of anilines is 1. The fraction of sp³-hybridized carbons (Fsp3) is 0.636. The van der Waals surface area contributed by atoms with Crippen molar-refractivity contribution in [2.75, 3.05) is 18.4 Å². The van der Waals surface area contributed by atoms with Crippen molar-refractivity contribution in [1.29, 1.82) is 0 Å². The summed E-state index contributed by atoms with van der Waals surface area (Å²) in [4.78, 5) is 32.8. The van der Waals surface area contributed by atoms with Gasteiger partial charge < -0.3 is 23.2 Å². The molecular weight excluding hydrogens is 574 g/mol. The molecule has 240 valence electrons. The Morgan fingerprint density at radius 3 is 2.45 bits per heavy atom. The minimum atomic E-state index is -1.92. The third-order valence-corrected chi connectivity index (χ3v) is 14.0. The summed E-state index contributed by atoms with van der Waals surface area (Å²) < 4.78 is 19.6. The van der Waals surface area contributed by atoms with E-state index < -0.39 is 13.9 Å². The number of likely N-dealkylation sites (tertiary alicyclic amines) is 1. The van der Waals surface area contributed by atoms with Gasteiger partial charge in [-0.2, -0.15) is 0 Å². The third kappa shape index (κ3) is 6.58. The van der Waals surface area contributed by atoms with Gasteiger partial charge in [-0.3, -0.25) is 10.1 Å². The van der Waals surface area contributed by atoms with E-state index >= 15 is 0 Å². The summed E-state index contributed by atoms with van der Waals surface area (Å²) in [5.41, 5.74) is 3.06. The molecule has 1 N–H and O–H groups in total. The van der Waals surface area contributed by atoms with Gasteiger partial charge in [0, 0.05) is 25.2 Å². The minimum absolute atomic E-state index is 0.0352. The number of benzene rings is 1. The lowest BCUT2D eigenvalue weighted by atomic mass is 9.65. The van der Waals surface area contributed by atoms with Gasteiger partial charge in [-0.05, 0) is 87.2 Å². The zero-order valence-electron chi connectivity index (χ0n) is 28.0. The van der Waals surface area contributed by atoms with E-state index in [4.69, 9.17) is 18.7 Å². The smallest absolute Gasteiger partial charge is 0.410 e. The SMILES string of the molecule is CC(C)c1cc(C(=O)Nc2nc3cc(CO[Si](C)(C)C(C)(C)C)ccc3n2[C@H]2C[C@@]3(CCN(C(=O)OC(C)(C)C)C3)C2)on1. The van der Waals surface area contributed by atoms with Crippen molar-refractivity contribution in [2.24, 2.45) is 5.41 Å². The van der Waals surface area contributed by atoms with Gasteiger partial charge in [0.25, 0.3) is 5.91 Å². The predicted octanol–water partition coefficient (Wildman–Crippen LogP) is 7.88. The number of aromatic nitrogens is 3. The molecule has 0 atom stereocenters. The van der Waals surface area contributed by atoms with E-state index in [0.29, 0.717) is 25.6 Å². The van der Waals surface area contributed by atoms with Crippen LogP contribution in [0.3, 0.4) is 0 Å². The number of nitrogens with zero attached hydrogens (tertiary/aromatic N) is 4. The number of fused-ring (bicyclic) bond motifs is 1. The molecule has 2 fully saturated rings. The molecule has 44 heavy (non-hydrogen) atoms. The number of hydrogen-bond acceptors (Lipinski definition) is 7. The largest absolute Gasteiger partial charge is 0.444 e.